The van der Waals surface area contributed by atoms with E-state index in [9.17, 15) is 19.8 Å². The number of carbonyl (C=O) groups is 2. The minimum absolute atomic E-state index is 0.00222. The Kier molecular flexibility index (Phi) is 62.4. The summed E-state index contributed by atoms with van der Waals surface area (Å²) in [6, 6.07) is -0.629. The Morgan fingerprint density at radius 3 is 1.00 bits per heavy atom. The summed E-state index contributed by atoms with van der Waals surface area (Å²) in [5.74, 6) is -0.0619. The molecule has 0 saturated heterocycles. The van der Waals surface area contributed by atoms with Gasteiger partial charge in [-0.05, 0) is 51.4 Å². The lowest BCUT2D eigenvalue weighted by Gasteiger charge is -2.20. The van der Waals surface area contributed by atoms with Crippen LogP contribution in [0.25, 0.3) is 0 Å². The predicted molar refractivity (Wildman–Crippen MR) is 324 cm³/mol. The summed E-state index contributed by atoms with van der Waals surface area (Å²) in [4.78, 5) is 24.5. The van der Waals surface area contributed by atoms with E-state index in [4.69, 9.17) is 4.74 Å². The van der Waals surface area contributed by atoms with Crippen LogP contribution in [0.15, 0.2) is 24.3 Å². The number of amides is 1. The molecule has 0 heterocycles. The standard InChI is InChI=1S/C68H131NO5/c1-3-5-7-9-11-13-15-16-17-18-19-20-21-22-25-28-31-34-37-41-44-48-52-56-60-66(71)65(64-70)69-67(72)61-57-53-49-45-42-38-35-32-29-26-23-24-27-30-33-36-39-43-47-51-55-59-63-74-68(73)62-58-54-50-46-40-14-12-10-8-6-4-2/h10,12,56,60,65-66,70-71H,3-9,11,13-55,57-59,61-64H2,1-2H3,(H,69,72)/b12-10-,60-56+. The average molecular weight is 1040 g/mol. The van der Waals surface area contributed by atoms with Gasteiger partial charge in [0.1, 0.15) is 0 Å². The maximum atomic E-state index is 12.5. The van der Waals surface area contributed by atoms with Crippen LogP contribution in [0.4, 0.5) is 0 Å². The van der Waals surface area contributed by atoms with Gasteiger partial charge in [-0.3, -0.25) is 9.59 Å². The molecule has 2 unspecified atom stereocenters. The van der Waals surface area contributed by atoms with E-state index in [-0.39, 0.29) is 18.5 Å². The Morgan fingerprint density at radius 1 is 0.365 bits per heavy atom. The molecule has 6 nitrogen and oxygen atoms in total. The quantitative estimate of drug-likeness (QED) is 0.0320. The van der Waals surface area contributed by atoms with E-state index in [0.29, 0.717) is 19.4 Å². The molecule has 0 aliphatic rings. The topological polar surface area (TPSA) is 95.9 Å². The normalized spacial score (nSPS) is 12.6. The molecule has 0 aromatic heterocycles. The molecular formula is C68H131NO5. The molecule has 2 atom stereocenters. The number of allylic oxidation sites excluding steroid dienone is 3. The summed E-state index contributed by atoms with van der Waals surface area (Å²) < 4.78 is 5.46. The van der Waals surface area contributed by atoms with Gasteiger partial charge in [-0.25, -0.2) is 0 Å². The number of hydrogen-bond donors (Lipinski definition) is 3. The number of rotatable bonds is 63. The van der Waals surface area contributed by atoms with Crippen molar-refractivity contribution in [1.29, 1.82) is 0 Å². The highest BCUT2D eigenvalue weighted by atomic mass is 16.5. The molecule has 0 rings (SSSR count). The van der Waals surface area contributed by atoms with Crippen molar-refractivity contribution in [1.82, 2.24) is 5.32 Å². The molecule has 0 saturated carbocycles. The molecule has 3 N–H and O–H groups in total. The average Bonchev–Trinajstić information content (AvgIpc) is 3.40. The SMILES string of the molecule is CCCC/C=C\CCCCCCCC(=O)OCCCCCCCCCCCCCCCCCCCCCCCCC(=O)NC(CO)C(O)/C=C/CCCCCCCCCCCCCCCCCCCCCCCC. The van der Waals surface area contributed by atoms with Crippen LogP contribution < -0.4 is 5.32 Å². The van der Waals surface area contributed by atoms with Gasteiger partial charge in [0.2, 0.25) is 5.91 Å². The number of hydrogen-bond acceptors (Lipinski definition) is 5. The van der Waals surface area contributed by atoms with Crippen LogP contribution in [0.1, 0.15) is 373 Å². The largest absolute Gasteiger partial charge is 0.466 e. The number of ether oxygens (including phenoxy) is 1. The van der Waals surface area contributed by atoms with Gasteiger partial charge in [-0.1, -0.05) is 334 Å². The molecule has 0 aromatic carbocycles. The second-order valence-electron chi connectivity index (χ2n) is 23.2. The van der Waals surface area contributed by atoms with Crippen LogP contribution in [0.5, 0.6) is 0 Å². The molecule has 0 fully saturated rings. The van der Waals surface area contributed by atoms with E-state index in [1.54, 1.807) is 6.08 Å². The molecule has 438 valence electrons. The highest BCUT2D eigenvalue weighted by Gasteiger charge is 2.18. The lowest BCUT2D eigenvalue weighted by Crippen LogP contribution is -2.45. The summed E-state index contributed by atoms with van der Waals surface area (Å²) in [5.41, 5.74) is 0. The van der Waals surface area contributed by atoms with Gasteiger partial charge in [0.25, 0.3) is 0 Å². The van der Waals surface area contributed by atoms with E-state index < -0.39 is 12.1 Å². The first-order valence-electron chi connectivity index (χ1n) is 33.6. The molecule has 0 aliphatic carbocycles. The van der Waals surface area contributed by atoms with Gasteiger partial charge in [-0.15, -0.1) is 0 Å². The first-order valence-corrected chi connectivity index (χ1v) is 33.6. The van der Waals surface area contributed by atoms with Gasteiger partial charge in [0.15, 0.2) is 0 Å². The third-order valence-corrected chi connectivity index (χ3v) is 15.7. The number of unbranched alkanes of at least 4 members (excludes halogenated alkanes) is 50. The van der Waals surface area contributed by atoms with Crippen LogP contribution in [0, 0.1) is 0 Å². The van der Waals surface area contributed by atoms with Crippen molar-refractivity contribution >= 4 is 11.9 Å². The molecule has 6 heteroatoms. The summed E-state index contributed by atoms with van der Waals surface area (Å²) >= 11 is 0. The highest BCUT2D eigenvalue weighted by Crippen LogP contribution is 2.19. The van der Waals surface area contributed by atoms with Gasteiger partial charge >= 0.3 is 5.97 Å². The minimum Gasteiger partial charge on any atom is -0.466 e. The lowest BCUT2D eigenvalue weighted by atomic mass is 10.0. The number of nitrogens with one attached hydrogen (secondary N) is 1. The summed E-state index contributed by atoms with van der Waals surface area (Å²) in [6.45, 7) is 4.90. The molecule has 0 bridgehead atoms. The van der Waals surface area contributed by atoms with Crippen molar-refractivity contribution in [2.75, 3.05) is 13.2 Å². The summed E-state index contributed by atoms with van der Waals surface area (Å²) in [6.07, 6.45) is 79.6. The van der Waals surface area contributed by atoms with Crippen molar-refractivity contribution < 1.29 is 24.5 Å². The maximum Gasteiger partial charge on any atom is 0.305 e. The molecule has 0 aromatic rings. The number of aliphatic hydroxyl groups excluding tert-OH is 2. The maximum absolute atomic E-state index is 12.5. The third kappa shape index (κ3) is 59.6. The second kappa shape index (κ2) is 63.9. The van der Waals surface area contributed by atoms with Crippen molar-refractivity contribution in [3.05, 3.63) is 24.3 Å². The van der Waals surface area contributed by atoms with Crippen molar-refractivity contribution in [3.8, 4) is 0 Å². The van der Waals surface area contributed by atoms with Gasteiger partial charge < -0.3 is 20.3 Å². The molecular weight excluding hydrogens is 911 g/mol. The fourth-order valence-electron chi connectivity index (χ4n) is 10.6. The van der Waals surface area contributed by atoms with Gasteiger partial charge in [0, 0.05) is 12.8 Å². The molecule has 74 heavy (non-hydrogen) atoms. The predicted octanol–water partition coefficient (Wildman–Crippen LogP) is 21.4. The van der Waals surface area contributed by atoms with Crippen molar-refractivity contribution in [3.63, 3.8) is 0 Å². The van der Waals surface area contributed by atoms with Crippen molar-refractivity contribution in [2.24, 2.45) is 0 Å². The smallest absolute Gasteiger partial charge is 0.305 e. The Hall–Kier alpha value is -1.66. The van der Waals surface area contributed by atoms with Crippen LogP contribution in [-0.4, -0.2) is 47.4 Å². The molecule has 0 aliphatic heterocycles. The van der Waals surface area contributed by atoms with Crippen molar-refractivity contribution in [2.45, 2.75) is 386 Å². The first-order chi connectivity index (χ1) is 36.5. The highest BCUT2D eigenvalue weighted by molar-refractivity contribution is 5.76. The first kappa shape index (κ1) is 72.3. The Bertz CT molecular complexity index is 1150. The fraction of sp³-hybridized carbons (Fsp3) is 0.912. The van der Waals surface area contributed by atoms with E-state index in [0.717, 1.165) is 44.9 Å². The fourth-order valence-corrected chi connectivity index (χ4v) is 10.6. The summed E-state index contributed by atoms with van der Waals surface area (Å²) in [5, 5.41) is 23.3. The number of carbonyl (C=O) groups excluding carboxylic acids is 2. The molecule has 0 spiro atoms. The zero-order valence-electron chi connectivity index (χ0n) is 50.1. The Balaban J connectivity index is 3.42. The zero-order valence-corrected chi connectivity index (χ0v) is 50.1. The van der Waals surface area contributed by atoms with Gasteiger partial charge in [0.05, 0.1) is 25.4 Å². The van der Waals surface area contributed by atoms with Crippen LogP contribution >= 0.6 is 0 Å². The number of aliphatic hydroxyl groups is 2. The molecule has 1 amide bonds. The molecule has 0 radical (unpaired) electrons. The van der Waals surface area contributed by atoms with Crippen LogP contribution in [0.3, 0.4) is 0 Å². The third-order valence-electron chi connectivity index (χ3n) is 15.7. The van der Waals surface area contributed by atoms with Crippen LogP contribution in [0.2, 0.25) is 0 Å². The Labute approximate surface area is 462 Å². The van der Waals surface area contributed by atoms with E-state index in [2.05, 4.69) is 31.3 Å². The minimum atomic E-state index is -0.846. The zero-order chi connectivity index (χ0) is 53.6. The van der Waals surface area contributed by atoms with E-state index in [1.165, 1.54) is 302 Å². The monoisotopic (exact) mass is 1040 g/mol. The lowest BCUT2D eigenvalue weighted by molar-refractivity contribution is -0.143. The Morgan fingerprint density at radius 2 is 0.649 bits per heavy atom. The summed E-state index contributed by atoms with van der Waals surface area (Å²) in [7, 11) is 0. The van der Waals surface area contributed by atoms with Gasteiger partial charge in [-0.2, -0.15) is 0 Å². The van der Waals surface area contributed by atoms with Crippen LogP contribution in [-0.2, 0) is 14.3 Å². The van der Waals surface area contributed by atoms with E-state index >= 15 is 0 Å². The van der Waals surface area contributed by atoms with E-state index in [1.807, 2.05) is 6.08 Å². The second-order valence-corrected chi connectivity index (χ2v) is 23.2. The number of esters is 1.